The third kappa shape index (κ3) is 2.96. The van der Waals surface area contributed by atoms with Crippen molar-refractivity contribution in [3.05, 3.63) is 29.6 Å². The van der Waals surface area contributed by atoms with Gasteiger partial charge in [-0.25, -0.2) is 4.39 Å². The summed E-state index contributed by atoms with van der Waals surface area (Å²) in [6, 6.07) is 6.46. The number of hydrogen-bond acceptors (Lipinski definition) is 3. The second-order valence-corrected chi connectivity index (χ2v) is 7.63. The van der Waals surface area contributed by atoms with Crippen molar-refractivity contribution >= 4 is 23.5 Å². The fraction of sp³-hybridized carbons (Fsp3) is 0.600. The van der Waals surface area contributed by atoms with Gasteiger partial charge in [-0.2, -0.15) is 11.8 Å². The van der Waals surface area contributed by atoms with Gasteiger partial charge in [0.05, 0.1) is 0 Å². The molecule has 3 atom stereocenters. The van der Waals surface area contributed by atoms with Crippen LogP contribution in [0.5, 0.6) is 0 Å². The molecule has 4 heteroatoms. The Labute approximate surface area is 123 Å². The molecule has 3 unspecified atom stereocenters. The molecule has 0 radical (unpaired) electrons. The van der Waals surface area contributed by atoms with E-state index in [1.807, 2.05) is 17.8 Å². The summed E-state index contributed by atoms with van der Waals surface area (Å²) in [5.74, 6) is 0.965. The highest BCUT2D eigenvalue weighted by molar-refractivity contribution is 7.99. The zero-order valence-corrected chi connectivity index (χ0v) is 12.8. The molecule has 1 aliphatic heterocycles. The summed E-state index contributed by atoms with van der Waals surface area (Å²) in [4.78, 5) is 0.866. The van der Waals surface area contributed by atoms with Gasteiger partial charge in [-0.1, -0.05) is 12.1 Å². The van der Waals surface area contributed by atoms with Crippen LogP contribution >= 0.6 is 23.5 Å². The maximum Gasteiger partial charge on any atom is 0.137 e. The van der Waals surface area contributed by atoms with Crippen LogP contribution in [0.15, 0.2) is 23.1 Å². The molecule has 19 heavy (non-hydrogen) atoms. The third-order valence-electron chi connectivity index (χ3n) is 4.18. The number of rotatable bonds is 3. The third-order valence-corrected chi connectivity index (χ3v) is 6.43. The van der Waals surface area contributed by atoms with Crippen molar-refractivity contribution in [2.24, 2.45) is 0 Å². The Morgan fingerprint density at radius 1 is 1.32 bits per heavy atom. The van der Waals surface area contributed by atoms with Crippen molar-refractivity contribution in [2.75, 3.05) is 12.0 Å². The fourth-order valence-corrected chi connectivity index (χ4v) is 5.09. The maximum atomic E-state index is 13.8. The summed E-state index contributed by atoms with van der Waals surface area (Å²) in [7, 11) is 0. The molecule has 1 N–H and O–H groups in total. The molecule has 0 amide bonds. The number of halogens is 1. The Balaban J connectivity index is 1.72. The zero-order chi connectivity index (χ0) is 13.2. The number of nitrogens with one attached hydrogen (secondary N) is 1. The first-order chi connectivity index (χ1) is 9.28. The molecule has 104 valence electrons. The summed E-state index contributed by atoms with van der Waals surface area (Å²) in [5.41, 5.74) is 1.17. The molecule has 2 aliphatic rings. The highest BCUT2D eigenvalue weighted by Crippen LogP contribution is 2.39. The minimum atomic E-state index is -0.0533. The molecule has 0 bridgehead atoms. The topological polar surface area (TPSA) is 12.0 Å². The van der Waals surface area contributed by atoms with Crippen LogP contribution in [0.1, 0.15) is 37.3 Å². The lowest BCUT2D eigenvalue weighted by Crippen LogP contribution is -2.33. The van der Waals surface area contributed by atoms with Crippen molar-refractivity contribution < 1.29 is 4.39 Å². The van der Waals surface area contributed by atoms with E-state index in [4.69, 9.17) is 0 Å². The van der Waals surface area contributed by atoms with E-state index in [9.17, 15) is 4.39 Å². The molecule has 1 saturated carbocycles. The van der Waals surface area contributed by atoms with Crippen molar-refractivity contribution in [3.63, 3.8) is 0 Å². The van der Waals surface area contributed by atoms with Gasteiger partial charge in [0.15, 0.2) is 0 Å². The Morgan fingerprint density at radius 2 is 2.21 bits per heavy atom. The number of fused-ring (bicyclic) bond motifs is 1. The lowest BCUT2D eigenvalue weighted by atomic mass is 10.0. The van der Waals surface area contributed by atoms with Gasteiger partial charge in [0.2, 0.25) is 0 Å². The van der Waals surface area contributed by atoms with Crippen molar-refractivity contribution in [2.45, 2.75) is 47.9 Å². The van der Waals surface area contributed by atoms with Gasteiger partial charge < -0.3 is 5.32 Å². The molecule has 1 nitrogen and oxygen atoms in total. The molecule has 0 aromatic heterocycles. The lowest BCUT2D eigenvalue weighted by Gasteiger charge is -2.29. The molecular formula is C15H20FNS2. The highest BCUT2D eigenvalue weighted by atomic mass is 32.2. The Hall–Kier alpha value is -0.190. The van der Waals surface area contributed by atoms with E-state index in [-0.39, 0.29) is 5.82 Å². The quantitative estimate of drug-likeness (QED) is 0.896. The summed E-state index contributed by atoms with van der Waals surface area (Å²) in [6.07, 6.45) is 7.15. The van der Waals surface area contributed by atoms with E-state index in [1.165, 1.54) is 24.8 Å². The van der Waals surface area contributed by atoms with E-state index in [1.54, 1.807) is 17.8 Å². The summed E-state index contributed by atoms with van der Waals surface area (Å²) >= 11 is 3.65. The van der Waals surface area contributed by atoms with Crippen LogP contribution in [0.4, 0.5) is 4.39 Å². The van der Waals surface area contributed by atoms with E-state index in [2.05, 4.69) is 17.6 Å². The van der Waals surface area contributed by atoms with Gasteiger partial charge in [0, 0.05) is 22.2 Å². The first-order valence-electron chi connectivity index (χ1n) is 6.98. The van der Waals surface area contributed by atoms with Crippen molar-refractivity contribution in [1.29, 1.82) is 0 Å². The Bertz CT molecular complexity index is 452. The summed E-state index contributed by atoms with van der Waals surface area (Å²) in [5, 5.41) is 4.58. The molecule has 1 aromatic rings. The minimum Gasteiger partial charge on any atom is -0.307 e. The molecule has 1 aromatic carbocycles. The zero-order valence-electron chi connectivity index (χ0n) is 11.2. The molecule has 1 aliphatic carbocycles. The standard InChI is InChI=1S/C15H20FNS2/c1-18-11-6-5-10(9-11)17-14-7-8-19-15-12(14)3-2-4-13(15)16/h2-4,10-11,14,17H,5-9H2,1H3. The SMILES string of the molecule is CSC1CCC(NC2CCSc3c(F)cccc32)C1. The highest BCUT2D eigenvalue weighted by Gasteiger charge is 2.29. The van der Waals surface area contributed by atoms with Crippen LogP contribution in [0.3, 0.4) is 0 Å². The molecular weight excluding hydrogens is 277 g/mol. The van der Waals surface area contributed by atoms with E-state index >= 15 is 0 Å². The average molecular weight is 297 g/mol. The lowest BCUT2D eigenvalue weighted by molar-refractivity contribution is 0.421. The number of thioether (sulfide) groups is 2. The smallest absolute Gasteiger partial charge is 0.137 e. The molecule has 1 fully saturated rings. The molecule has 1 heterocycles. The van der Waals surface area contributed by atoms with Gasteiger partial charge in [-0.3, -0.25) is 0 Å². The van der Waals surface area contributed by atoms with E-state index in [0.717, 1.165) is 22.3 Å². The van der Waals surface area contributed by atoms with E-state index < -0.39 is 0 Å². The van der Waals surface area contributed by atoms with Gasteiger partial charge in [0.25, 0.3) is 0 Å². The minimum absolute atomic E-state index is 0.0533. The monoisotopic (exact) mass is 297 g/mol. The van der Waals surface area contributed by atoms with Crippen molar-refractivity contribution in [3.8, 4) is 0 Å². The molecule has 3 rings (SSSR count). The predicted octanol–water partition coefficient (Wildman–Crippen LogP) is 4.24. The van der Waals surface area contributed by atoms with Gasteiger partial charge in [-0.15, -0.1) is 11.8 Å². The second-order valence-electron chi connectivity index (χ2n) is 5.38. The summed E-state index contributed by atoms with van der Waals surface area (Å²) < 4.78 is 13.8. The first kappa shape index (κ1) is 13.8. The molecule has 0 saturated heterocycles. The van der Waals surface area contributed by atoms with Gasteiger partial charge in [0.1, 0.15) is 5.82 Å². The van der Waals surface area contributed by atoms with E-state index in [0.29, 0.717) is 12.1 Å². The second kappa shape index (κ2) is 6.06. The van der Waals surface area contributed by atoms with Crippen LogP contribution < -0.4 is 5.32 Å². The Kier molecular flexibility index (Phi) is 4.40. The van der Waals surface area contributed by atoms with Crippen LogP contribution in [0, 0.1) is 5.82 Å². The fourth-order valence-electron chi connectivity index (χ4n) is 3.15. The van der Waals surface area contributed by atoms with Gasteiger partial charge in [-0.05, 0) is 49.3 Å². The number of benzene rings is 1. The van der Waals surface area contributed by atoms with Crippen LogP contribution in [-0.2, 0) is 0 Å². The van der Waals surface area contributed by atoms with Crippen LogP contribution in [-0.4, -0.2) is 23.3 Å². The number of hydrogen-bond donors (Lipinski definition) is 1. The largest absolute Gasteiger partial charge is 0.307 e. The van der Waals surface area contributed by atoms with Crippen molar-refractivity contribution in [1.82, 2.24) is 5.32 Å². The molecule has 0 spiro atoms. The summed E-state index contributed by atoms with van der Waals surface area (Å²) in [6.45, 7) is 0. The normalized spacial score (nSPS) is 30.3. The van der Waals surface area contributed by atoms with Gasteiger partial charge >= 0.3 is 0 Å². The average Bonchev–Trinajstić information content (AvgIpc) is 2.88. The Morgan fingerprint density at radius 3 is 3.00 bits per heavy atom. The van der Waals surface area contributed by atoms with Crippen LogP contribution in [0.2, 0.25) is 0 Å². The predicted molar refractivity (Wildman–Crippen MR) is 82.6 cm³/mol. The van der Waals surface area contributed by atoms with Crippen LogP contribution in [0.25, 0.3) is 0 Å². The first-order valence-corrected chi connectivity index (χ1v) is 9.25. The maximum absolute atomic E-state index is 13.8.